The Kier molecular flexibility index (Phi) is 14.3. The molecule has 2 aliphatic carbocycles. The number of hydrogen-bond donors (Lipinski definition) is 0. The SMILES string of the molecule is CC(C)(C)c1ccc2c(c1)c1cc(C(C)(C)C)ccc1n2-c1ccc2c(c1)N(c1ccc3c(c1)C(C)(C)CCC3(C)C)c1cc(-c3ccc4sc5ccccc5c4c3)cc3c1B2c1ccc(-n2c4ccc(C(C)(C)C)cc4c4cc(C(C)(C)C)ccc42)cc1N3c1ccc2c(c1)C(C)(C)CCC2(C)C. The maximum absolute atomic E-state index is 2.73. The number of benzene rings is 11. The Morgan fingerprint density at radius 2 is 0.663 bits per heavy atom. The van der Waals surface area contributed by atoms with Gasteiger partial charge in [0.15, 0.2) is 0 Å². The molecule has 18 rings (SSSR count). The normalized spacial score (nSPS) is 16.8. The van der Waals surface area contributed by atoms with Crippen molar-refractivity contribution < 1.29 is 0 Å². The molecule has 0 fully saturated rings. The Bertz CT molecular complexity index is 5550. The van der Waals surface area contributed by atoms with Crippen molar-refractivity contribution in [1.82, 2.24) is 9.13 Å². The maximum Gasteiger partial charge on any atom is 0.252 e. The quantitative estimate of drug-likeness (QED) is 0.160. The second kappa shape index (κ2) is 22.2. The third kappa shape index (κ3) is 10.2. The molecule has 0 radical (unpaired) electrons. The lowest BCUT2D eigenvalue weighted by atomic mass is 9.33. The summed E-state index contributed by atoms with van der Waals surface area (Å²) < 4.78 is 7.79. The topological polar surface area (TPSA) is 16.3 Å². The van der Waals surface area contributed by atoms with E-state index in [0.717, 1.165) is 37.1 Å². The van der Waals surface area contributed by atoms with Gasteiger partial charge in [0.1, 0.15) is 0 Å². The van der Waals surface area contributed by atoms with Crippen LogP contribution < -0.4 is 26.2 Å². The average molecular weight is 1380 g/mol. The summed E-state index contributed by atoms with van der Waals surface area (Å²) in [6.07, 6.45) is 4.55. The lowest BCUT2D eigenvalue weighted by Crippen LogP contribution is -2.61. The fourth-order valence-electron chi connectivity index (χ4n) is 18.8. The van der Waals surface area contributed by atoms with Gasteiger partial charge in [0, 0.05) is 87.2 Å². The fraction of sp³-hybridized carbons (Fsp3) is 0.327. The summed E-state index contributed by atoms with van der Waals surface area (Å²) >= 11 is 1.90. The highest BCUT2D eigenvalue weighted by atomic mass is 32.1. The molecule has 5 heterocycles. The molecule has 11 aromatic carbocycles. The molecule has 14 aromatic rings. The molecule has 0 bridgehead atoms. The van der Waals surface area contributed by atoms with Gasteiger partial charge in [0.25, 0.3) is 6.71 Å². The molecular formula is C98H101BN4S. The van der Waals surface area contributed by atoms with Gasteiger partial charge < -0.3 is 18.9 Å². The van der Waals surface area contributed by atoms with Crippen molar-refractivity contribution in [1.29, 1.82) is 0 Å². The van der Waals surface area contributed by atoms with Crippen molar-refractivity contribution in [2.24, 2.45) is 0 Å². The van der Waals surface area contributed by atoms with Crippen LogP contribution in [0.15, 0.2) is 200 Å². The van der Waals surface area contributed by atoms with Crippen LogP contribution in [0.3, 0.4) is 0 Å². The number of hydrogen-bond acceptors (Lipinski definition) is 3. The molecule has 0 N–H and O–H groups in total. The van der Waals surface area contributed by atoms with Crippen LogP contribution in [-0.4, -0.2) is 15.8 Å². The first-order valence-corrected chi connectivity index (χ1v) is 39.3. The van der Waals surface area contributed by atoms with Crippen LogP contribution in [0.2, 0.25) is 0 Å². The number of aromatic nitrogens is 2. The van der Waals surface area contributed by atoms with Crippen molar-refractivity contribution in [3.05, 3.63) is 245 Å². The Hall–Kier alpha value is -9.10. The number of anilines is 6. The second-order valence-corrected chi connectivity index (χ2v) is 39.5. The van der Waals surface area contributed by atoms with Crippen LogP contribution in [0.4, 0.5) is 34.1 Å². The summed E-state index contributed by atoms with van der Waals surface area (Å²) in [5.74, 6) is 0. The zero-order chi connectivity index (χ0) is 72.8. The van der Waals surface area contributed by atoms with Crippen molar-refractivity contribution in [2.45, 2.75) is 207 Å². The van der Waals surface area contributed by atoms with Gasteiger partial charge in [0.05, 0.1) is 22.1 Å². The Labute approximate surface area is 621 Å². The van der Waals surface area contributed by atoms with Crippen molar-refractivity contribution in [2.75, 3.05) is 9.80 Å². The predicted octanol–water partition coefficient (Wildman–Crippen LogP) is 25.9. The summed E-state index contributed by atoms with van der Waals surface area (Å²) in [6.45, 7) is 47.8. The monoisotopic (exact) mass is 1380 g/mol. The number of nitrogens with zero attached hydrogens (tertiary/aromatic N) is 4. The van der Waals surface area contributed by atoms with Gasteiger partial charge in [-0.3, -0.25) is 0 Å². The standard InChI is InChI=1S/C98H101BN4S/c1-91(2,3)60-26-38-80-69(50-60)70-51-61(92(4,5)6)27-39-81(70)100(80)66-32-36-78-84(56-66)102(64-30-34-74-76(54-64)97(17,18)45-43-95(74,13)14)86-48-59(58-25-42-89-73(47-58)68-23-21-22-24-88(68)104-89)49-87-90(86)99(78)79-37-33-67(57-85(79)103(87)65-31-35-75-77(55-65)98(19,20)46-44-96(75,15)16)101-82-40-28-62(93(7,8)9)52-71(82)72-53-63(94(10,11)12)29-41-83(72)101/h21-42,47-57H,43-46H2,1-20H3. The minimum atomic E-state index is -0.150. The average Bonchev–Trinajstić information content (AvgIpc) is 0.796. The third-order valence-electron chi connectivity index (χ3n) is 25.4. The molecular weight excluding hydrogens is 1280 g/mol. The van der Waals surface area contributed by atoms with Gasteiger partial charge in [0.2, 0.25) is 0 Å². The van der Waals surface area contributed by atoms with E-state index in [2.05, 4.69) is 358 Å². The molecule has 0 saturated carbocycles. The summed E-state index contributed by atoms with van der Waals surface area (Å²) in [5.41, 5.74) is 31.8. The van der Waals surface area contributed by atoms with Crippen molar-refractivity contribution in [3.63, 3.8) is 0 Å². The van der Waals surface area contributed by atoms with Crippen LogP contribution in [0.5, 0.6) is 0 Å². The Balaban J connectivity index is 0.974. The van der Waals surface area contributed by atoms with E-state index in [-0.39, 0.29) is 50.0 Å². The lowest BCUT2D eigenvalue weighted by molar-refractivity contribution is 0.332. The summed E-state index contributed by atoms with van der Waals surface area (Å²) in [6, 6.07) is 81.1. The molecule has 4 aliphatic rings. The van der Waals surface area contributed by atoms with Crippen LogP contribution in [0, 0.1) is 0 Å². The lowest BCUT2D eigenvalue weighted by Gasteiger charge is -2.46. The molecule has 104 heavy (non-hydrogen) atoms. The summed E-state index contributed by atoms with van der Waals surface area (Å²) in [7, 11) is 0. The first-order chi connectivity index (χ1) is 49.0. The van der Waals surface area contributed by atoms with Gasteiger partial charge in [-0.1, -0.05) is 211 Å². The number of fused-ring (bicyclic) bond motifs is 15. The van der Waals surface area contributed by atoms with E-state index in [4.69, 9.17) is 0 Å². The molecule has 2 aliphatic heterocycles. The zero-order valence-corrected chi connectivity index (χ0v) is 66.0. The van der Waals surface area contributed by atoms with Crippen LogP contribution in [-0.2, 0) is 43.3 Å². The molecule has 0 spiro atoms. The molecule has 522 valence electrons. The first kappa shape index (κ1) is 66.8. The third-order valence-corrected chi connectivity index (χ3v) is 26.6. The van der Waals surface area contributed by atoms with E-state index in [9.17, 15) is 0 Å². The van der Waals surface area contributed by atoms with Gasteiger partial charge in [-0.2, -0.15) is 0 Å². The van der Waals surface area contributed by atoms with Crippen LogP contribution in [0.25, 0.3) is 86.3 Å². The van der Waals surface area contributed by atoms with E-state index in [1.54, 1.807) is 0 Å². The summed E-state index contributed by atoms with van der Waals surface area (Å²) in [4.78, 5) is 5.45. The zero-order valence-electron chi connectivity index (χ0n) is 65.2. The molecule has 3 aromatic heterocycles. The Morgan fingerprint density at radius 1 is 0.298 bits per heavy atom. The van der Waals surface area contributed by atoms with Crippen molar-refractivity contribution >= 4 is 132 Å². The first-order valence-electron chi connectivity index (χ1n) is 38.5. The highest BCUT2D eigenvalue weighted by Gasteiger charge is 2.47. The smallest absolute Gasteiger partial charge is 0.252 e. The molecule has 6 heteroatoms. The van der Waals surface area contributed by atoms with Gasteiger partial charge in [-0.15, -0.1) is 11.3 Å². The van der Waals surface area contributed by atoms with Gasteiger partial charge >= 0.3 is 0 Å². The van der Waals surface area contributed by atoms with E-state index >= 15 is 0 Å². The second-order valence-electron chi connectivity index (χ2n) is 38.4. The Morgan fingerprint density at radius 3 is 1.06 bits per heavy atom. The number of thiophene rings is 1. The largest absolute Gasteiger partial charge is 0.311 e. The fourth-order valence-corrected chi connectivity index (χ4v) is 19.9. The van der Waals surface area contributed by atoms with Gasteiger partial charge in [-0.25, -0.2) is 0 Å². The molecule has 0 saturated heterocycles. The highest BCUT2D eigenvalue weighted by molar-refractivity contribution is 7.25. The molecule has 0 unspecified atom stereocenters. The number of rotatable bonds is 5. The highest BCUT2D eigenvalue weighted by Crippen LogP contribution is 2.54. The minimum absolute atomic E-state index is 0.0284. The van der Waals surface area contributed by atoms with Crippen LogP contribution in [0.1, 0.15) is 209 Å². The maximum atomic E-state index is 2.73. The molecule has 4 nitrogen and oxygen atoms in total. The minimum Gasteiger partial charge on any atom is -0.311 e. The van der Waals surface area contributed by atoms with E-state index in [0.29, 0.717) is 0 Å². The van der Waals surface area contributed by atoms with Gasteiger partial charge in [-0.05, 0) is 268 Å². The summed E-state index contributed by atoms with van der Waals surface area (Å²) in [5, 5.41) is 7.78. The molecule has 0 amide bonds. The van der Waals surface area contributed by atoms with E-state index < -0.39 is 0 Å². The predicted molar refractivity (Wildman–Crippen MR) is 453 cm³/mol. The van der Waals surface area contributed by atoms with E-state index in [1.165, 1.54) is 170 Å². The van der Waals surface area contributed by atoms with Crippen molar-refractivity contribution in [3.8, 4) is 22.5 Å². The van der Waals surface area contributed by atoms with E-state index in [1.807, 2.05) is 11.3 Å². The molecule has 0 atom stereocenters. The van der Waals surface area contributed by atoms with Crippen LogP contribution >= 0.6 is 11.3 Å².